The van der Waals surface area contributed by atoms with E-state index >= 15 is 0 Å². The van der Waals surface area contributed by atoms with E-state index in [1.807, 2.05) is 11.8 Å². The van der Waals surface area contributed by atoms with Crippen molar-refractivity contribution in [3.05, 3.63) is 192 Å². The zero-order chi connectivity index (χ0) is 30.5. The first kappa shape index (κ1) is 26.9. The van der Waals surface area contributed by atoms with Gasteiger partial charge in [-0.25, -0.2) is 9.97 Å². The molecule has 46 heavy (non-hydrogen) atoms. The molecule has 9 rings (SSSR count). The van der Waals surface area contributed by atoms with E-state index in [1.54, 1.807) is 0 Å². The van der Waals surface area contributed by atoms with Crippen LogP contribution in [0.25, 0.3) is 44.3 Å². The van der Waals surface area contributed by atoms with Crippen molar-refractivity contribution in [3.8, 4) is 22.6 Å². The SMILES string of the molecule is c1ccc(C2(c3ccccc3)c3ccccc3Sc3ccc(-c4nc(-c5ccc6ccccc6c5)c5ccccc5n4)cc32)cc1. The highest BCUT2D eigenvalue weighted by Gasteiger charge is 2.44. The first-order valence-corrected chi connectivity index (χ1v) is 16.4. The van der Waals surface area contributed by atoms with Crippen molar-refractivity contribution < 1.29 is 0 Å². The molecule has 0 bridgehead atoms. The summed E-state index contributed by atoms with van der Waals surface area (Å²) in [6.45, 7) is 0. The number of nitrogens with zero attached hydrogens (tertiary/aromatic N) is 2. The van der Waals surface area contributed by atoms with Gasteiger partial charge in [0.25, 0.3) is 0 Å². The minimum Gasteiger partial charge on any atom is -0.228 e. The van der Waals surface area contributed by atoms with Crippen molar-refractivity contribution in [2.75, 3.05) is 0 Å². The lowest BCUT2D eigenvalue weighted by Gasteiger charge is -2.42. The molecular weight excluding hydrogens is 577 g/mol. The van der Waals surface area contributed by atoms with E-state index < -0.39 is 5.41 Å². The Morgan fingerprint density at radius 2 is 1.07 bits per heavy atom. The van der Waals surface area contributed by atoms with Crippen molar-refractivity contribution in [3.63, 3.8) is 0 Å². The molecule has 0 aliphatic carbocycles. The van der Waals surface area contributed by atoms with E-state index in [2.05, 4.69) is 170 Å². The Morgan fingerprint density at radius 1 is 0.435 bits per heavy atom. The minimum absolute atomic E-state index is 0.506. The average Bonchev–Trinajstić information content (AvgIpc) is 3.13. The summed E-state index contributed by atoms with van der Waals surface area (Å²) in [5.74, 6) is 0.726. The Labute approximate surface area is 272 Å². The summed E-state index contributed by atoms with van der Waals surface area (Å²) in [5.41, 5.74) is 8.48. The summed E-state index contributed by atoms with van der Waals surface area (Å²) in [4.78, 5) is 13.0. The van der Waals surface area contributed by atoms with Crippen molar-refractivity contribution in [1.82, 2.24) is 9.97 Å². The summed E-state index contributed by atoms with van der Waals surface area (Å²) >= 11 is 1.84. The summed E-state index contributed by atoms with van der Waals surface area (Å²) < 4.78 is 0. The molecule has 0 fully saturated rings. The van der Waals surface area contributed by atoms with Gasteiger partial charge < -0.3 is 0 Å². The highest BCUT2D eigenvalue weighted by Crippen LogP contribution is 2.56. The van der Waals surface area contributed by atoms with Gasteiger partial charge in [0.2, 0.25) is 0 Å². The molecule has 2 nitrogen and oxygen atoms in total. The lowest BCUT2D eigenvalue weighted by Crippen LogP contribution is -2.34. The standard InChI is InChI=1S/C43H28N2S/c1-3-15-33(16-4-1)43(34-17-5-2-6-18-34)36-20-10-12-22-39(36)46-40-26-25-32(28-37(40)43)42-44-38-21-11-9-19-35(38)41(45-42)31-24-23-29-13-7-8-14-30(29)27-31/h1-28H. The zero-order valence-electron chi connectivity index (χ0n) is 25.0. The second-order valence-electron chi connectivity index (χ2n) is 11.8. The number of para-hydroxylation sites is 1. The third-order valence-corrected chi connectivity index (χ3v) is 10.3. The topological polar surface area (TPSA) is 25.8 Å². The second kappa shape index (κ2) is 10.8. The Hall–Kier alpha value is -5.51. The van der Waals surface area contributed by atoms with Gasteiger partial charge in [-0.1, -0.05) is 151 Å². The predicted octanol–water partition coefficient (Wildman–Crippen LogP) is 11.0. The van der Waals surface area contributed by atoms with Gasteiger partial charge in [-0.3, -0.25) is 0 Å². The van der Waals surface area contributed by atoms with Crippen LogP contribution in [0.5, 0.6) is 0 Å². The van der Waals surface area contributed by atoms with Gasteiger partial charge in [0.1, 0.15) is 0 Å². The highest BCUT2D eigenvalue weighted by molar-refractivity contribution is 7.99. The molecule has 0 radical (unpaired) electrons. The van der Waals surface area contributed by atoms with E-state index in [9.17, 15) is 0 Å². The minimum atomic E-state index is -0.506. The molecule has 1 aliphatic rings. The summed E-state index contributed by atoms with van der Waals surface area (Å²) in [6.07, 6.45) is 0. The molecule has 7 aromatic carbocycles. The Morgan fingerprint density at radius 3 is 1.87 bits per heavy atom. The summed E-state index contributed by atoms with van der Waals surface area (Å²) in [5, 5.41) is 3.46. The van der Waals surface area contributed by atoms with Crippen LogP contribution in [-0.4, -0.2) is 9.97 Å². The number of benzene rings is 7. The molecule has 0 spiro atoms. The molecule has 0 N–H and O–H groups in total. The monoisotopic (exact) mass is 604 g/mol. The lowest BCUT2D eigenvalue weighted by atomic mass is 9.64. The number of aromatic nitrogens is 2. The zero-order valence-corrected chi connectivity index (χ0v) is 25.8. The van der Waals surface area contributed by atoms with Gasteiger partial charge in [-0.2, -0.15) is 0 Å². The van der Waals surface area contributed by atoms with Crippen LogP contribution in [0.15, 0.2) is 180 Å². The van der Waals surface area contributed by atoms with E-state index in [0.717, 1.165) is 33.5 Å². The van der Waals surface area contributed by atoms with Gasteiger partial charge in [0.15, 0.2) is 5.82 Å². The maximum absolute atomic E-state index is 5.32. The van der Waals surface area contributed by atoms with Crippen molar-refractivity contribution in [2.45, 2.75) is 15.2 Å². The number of hydrogen-bond acceptors (Lipinski definition) is 3. The highest BCUT2D eigenvalue weighted by atomic mass is 32.2. The quantitative estimate of drug-likeness (QED) is 0.200. The second-order valence-corrected chi connectivity index (χ2v) is 12.8. The molecule has 2 heterocycles. The first-order valence-electron chi connectivity index (χ1n) is 15.6. The van der Waals surface area contributed by atoms with Crippen LogP contribution in [0.1, 0.15) is 22.3 Å². The smallest absolute Gasteiger partial charge is 0.160 e. The average molecular weight is 605 g/mol. The molecule has 0 saturated carbocycles. The molecule has 3 heteroatoms. The van der Waals surface area contributed by atoms with Crippen molar-refractivity contribution in [2.24, 2.45) is 0 Å². The van der Waals surface area contributed by atoms with Crippen LogP contribution in [0.4, 0.5) is 0 Å². The number of rotatable bonds is 4. The maximum Gasteiger partial charge on any atom is 0.160 e. The van der Waals surface area contributed by atoms with Gasteiger partial charge in [0, 0.05) is 26.3 Å². The van der Waals surface area contributed by atoms with Crippen LogP contribution >= 0.6 is 11.8 Å². The predicted molar refractivity (Wildman–Crippen MR) is 190 cm³/mol. The summed E-state index contributed by atoms with van der Waals surface area (Å²) in [6, 6.07) is 60.9. The summed E-state index contributed by atoms with van der Waals surface area (Å²) in [7, 11) is 0. The third-order valence-electron chi connectivity index (χ3n) is 9.19. The molecule has 0 unspecified atom stereocenters. The fourth-order valence-electron chi connectivity index (χ4n) is 7.11. The third kappa shape index (κ3) is 4.20. The molecule has 216 valence electrons. The fourth-order valence-corrected chi connectivity index (χ4v) is 8.28. The molecule has 1 aliphatic heterocycles. The molecule has 0 amide bonds. The van der Waals surface area contributed by atoms with Crippen LogP contribution in [0.2, 0.25) is 0 Å². The van der Waals surface area contributed by atoms with Gasteiger partial charge in [-0.15, -0.1) is 0 Å². The van der Waals surface area contributed by atoms with Crippen LogP contribution in [-0.2, 0) is 5.41 Å². The van der Waals surface area contributed by atoms with Gasteiger partial charge in [-0.05, 0) is 63.4 Å². The van der Waals surface area contributed by atoms with E-state index in [-0.39, 0.29) is 0 Å². The van der Waals surface area contributed by atoms with Crippen LogP contribution < -0.4 is 0 Å². The van der Waals surface area contributed by atoms with Crippen molar-refractivity contribution in [1.29, 1.82) is 0 Å². The van der Waals surface area contributed by atoms with E-state index in [1.165, 1.54) is 42.8 Å². The van der Waals surface area contributed by atoms with Crippen LogP contribution in [0.3, 0.4) is 0 Å². The Bertz CT molecular complexity index is 2360. The molecule has 8 aromatic rings. The number of fused-ring (bicyclic) bond motifs is 4. The molecular formula is C43H28N2S. The number of hydrogen-bond donors (Lipinski definition) is 0. The normalized spacial score (nSPS) is 13.3. The maximum atomic E-state index is 5.32. The molecule has 1 aromatic heterocycles. The van der Waals surface area contributed by atoms with Crippen LogP contribution in [0, 0.1) is 0 Å². The molecule has 0 saturated heterocycles. The Kier molecular flexibility index (Phi) is 6.32. The van der Waals surface area contributed by atoms with E-state index in [4.69, 9.17) is 9.97 Å². The fraction of sp³-hybridized carbons (Fsp3) is 0.0233. The van der Waals surface area contributed by atoms with Gasteiger partial charge >= 0.3 is 0 Å². The first-order chi connectivity index (χ1) is 22.8. The lowest BCUT2D eigenvalue weighted by molar-refractivity contribution is 0.703. The van der Waals surface area contributed by atoms with E-state index in [0.29, 0.717) is 0 Å². The van der Waals surface area contributed by atoms with Gasteiger partial charge in [0.05, 0.1) is 16.6 Å². The molecule has 0 atom stereocenters. The largest absolute Gasteiger partial charge is 0.228 e. The van der Waals surface area contributed by atoms with Crippen molar-refractivity contribution >= 4 is 33.4 Å². The Balaban J connectivity index is 1.31.